The van der Waals surface area contributed by atoms with Crippen molar-refractivity contribution in [1.82, 2.24) is 0 Å². The van der Waals surface area contributed by atoms with E-state index in [-0.39, 0.29) is 5.29 Å². The predicted octanol–water partition coefficient (Wildman–Crippen LogP) is 3.46. The maximum atomic E-state index is 5.69. The lowest BCUT2D eigenvalue weighted by molar-refractivity contribution is 1.02. The number of amidine groups is 1. The molecule has 0 aromatic carbocycles. The van der Waals surface area contributed by atoms with Gasteiger partial charge in [0.15, 0.2) is 0 Å². The lowest BCUT2D eigenvalue weighted by atomic mass is 10.0. The molecule has 1 rings (SSSR count). The summed E-state index contributed by atoms with van der Waals surface area (Å²) in [4.78, 5) is 7.68. The minimum absolute atomic E-state index is 0.179. The van der Waals surface area contributed by atoms with Crippen molar-refractivity contribution in [2.24, 2.45) is 9.98 Å². The van der Waals surface area contributed by atoms with Gasteiger partial charge in [-0.1, -0.05) is 24.3 Å². The van der Waals surface area contributed by atoms with E-state index in [4.69, 9.17) is 11.6 Å². The molecule has 0 aromatic heterocycles. The highest BCUT2D eigenvalue weighted by molar-refractivity contribution is 6.65. The first-order valence-corrected chi connectivity index (χ1v) is 4.90. The molecule has 0 bridgehead atoms. The second-order valence-corrected chi connectivity index (χ2v) is 3.19. The minimum Gasteiger partial charge on any atom is -0.234 e. The van der Waals surface area contributed by atoms with E-state index in [2.05, 4.69) is 34.9 Å². The Morgan fingerprint density at radius 2 is 2.36 bits per heavy atom. The molecule has 0 fully saturated rings. The van der Waals surface area contributed by atoms with Crippen LogP contribution in [0.2, 0.25) is 0 Å². The van der Waals surface area contributed by atoms with E-state index in [0.29, 0.717) is 0 Å². The van der Waals surface area contributed by atoms with Crippen molar-refractivity contribution < 1.29 is 0 Å². The van der Waals surface area contributed by atoms with E-state index in [0.717, 1.165) is 24.1 Å². The average molecular weight is 209 g/mol. The van der Waals surface area contributed by atoms with Gasteiger partial charge in [-0.25, -0.2) is 9.98 Å². The number of nitrogens with zero attached hydrogens (tertiary/aromatic N) is 2. The molecule has 3 heteroatoms. The normalized spacial score (nSPS) is 18.0. The third-order valence-corrected chi connectivity index (χ3v) is 2.11. The third-order valence-electron chi connectivity index (χ3n) is 1.91. The summed E-state index contributed by atoms with van der Waals surface area (Å²) in [5.74, 6) is 0. The summed E-state index contributed by atoms with van der Waals surface area (Å²) in [6.45, 7) is 5.24. The molecule has 0 aromatic rings. The van der Waals surface area contributed by atoms with Crippen LogP contribution in [-0.4, -0.2) is 12.0 Å². The van der Waals surface area contributed by atoms with Gasteiger partial charge in [-0.15, -0.1) is 0 Å². The lowest BCUT2D eigenvalue weighted by Crippen LogP contribution is -1.90. The first kappa shape index (κ1) is 10.9. The summed E-state index contributed by atoms with van der Waals surface area (Å²) in [6, 6.07) is 0. The van der Waals surface area contributed by atoms with Crippen molar-refractivity contribution in [2.75, 3.05) is 0 Å². The number of hydrogen-bond donors (Lipinski definition) is 0. The van der Waals surface area contributed by atoms with Crippen LogP contribution < -0.4 is 0 Å². The molecule has 0 atom stereocenters. The SMILES string of the molecule is C=NC(Cl)=N/C(=C\C)C1=CCCC=C1. The van der Waals surface area contributed by atoms with Crippen LogP contribution in [0.15, 0.2) is 45.6 Å². The molecule has 0 saturated heterocycles. The molecule has 0 aliphatic heterocycles. The zero-order valence-corrected chi connectivity index (χ0v) is 8.96. The van der Waals surface area contributed by atoms with Crippen molar-refractivity contribution in [2.45, 2.75) is 19.8 Å². The minimum atomic E-state index is 0.179. The molecular weight excluding hydrogens is 196 g/mol. The fourth-order valence-electron chi connectivity index (χ4n) is 1.23. The molecule has 2 nitrogen and oxygen atoms in total. The number of rotatable bonds is 2. The Bertz CT molecular complexity index is 335. The van der Waals surface area contributed by atoms with E-state index >= 15 is 0 Å². The van der Waals surface area contributed by atoms with Crippen molar-refractivity contribution in [3.05, 3.63) is 35.6 Å². The molecule has 74 valence electrons. The number of hydrogen-bond acceptors (Lipinski definition) is 1. The Labute approximate surface area is 89.4 Å². The highest BCUT2D eigenvalue weighted by Gasteiger charge is 2.03. The summed E-state index contributed by atoms with van der Waals surface area (Å²) in [5.41, 5.74) is 1.94. The summed E-state index contributed by atoms with van der Waals surface area (Å²) < 4.78 is 0. The second kappa shape index (κ2) is 5.55. The molecule has 1 aliphatic rings. The summed E-state index contributed by atoms with van der Waals surface area (Å²) in [5, 5.41) is 0.179. The smallest absolute Gasteiger partial charge is 0.222 e. The van der Waals surface area contributed by atoms with Gasteiger partial charge in [-0.05, 0) is 43.7 Å². The van der Waals surface area contributed by atoms with Crippen LogP contribution in [0.5, 0.6) is 0 Å². The van der Waals surface area contributed by atoms with Gasteiger partial charge in [0, 0.05) is 0 Å². The van der Waals surface area contributed by atoms with Crippen LogP contribution >= 0.6 is 11.6 Å². The zero-order valence-electron chi connectivity index (χ0n) is 8.20. The number of allylic oxidation sites excluding steroid dienone is 4. The quantitative estimate of drug-likeness (QED) is 0.377. The Hall–Kier alpha value is -1.15. The van der Waals surface area contributed by atoms with Crippen LogP contribution in [0.25, 0.3) is 0 Å². The first-order chi connectivity index (χ1) is 6.77. The van der Waals surface area contributed by atoms with E-state index in [9.17, 15) is 0 Å². The fourth-order valence-corrected chi connectivity index (χ4v) is 1.32. The maximum Gasteiger partial charge on any atom is 0.222 e. The lowest BCUT2D eigenvalue weighted by Gasteiger charge is -2.06. The van der Waals surface area contributed by atoms with E-state index < -0.39 is 0 Å². The molecule has 0 unspecified atom stereocenters. The number of aliphatic imine (C=N–C) groups is 2. The first-order valence-electron chi connectivity index (χ1n) is 4.52. The largest absolute Gasteiger partial charge is 0.234 e. The molecule has 0 amide bonds. The van der Waals surface area contributed by atoms with Gasteiger partial charge in [0.25, 0.3) is 0 Å². The molecule has 0 saturated carbocycles. The Morgan fingerprint density at radius 3 is 2.86 bits per heavy atom. The summed E-state index contributed by atoms with van der Waals surface area (Å²) in [6.07, 6.45) is 10.4. The van der Waals surface area contributed by atoms with Crippen LogP contribution in [-0.2, 0) is 0 Å². The molecule has 14 heavy (non-hydrogen) atoms. The molecule has 0 radical (unpaired) electrons. The summed E-state index contributed by atoms with van der Waals surface area (Å²) in [7, 11) is 0. The molecule has 1 aliphatic carbocycles. The van der Waals surface area contributed by atoms with Crippen LogP contribution in [0.3, 0.4) is 0 Å². The number of halogens is 1. The van der Waals surface area contributed by atoms with Crippen molar-refractivity contribution >= 4 is 23.6 Å². The molecule has 0 N–H and O–H groups in total. The van der Waals surface area contributed by atoms with Gasteiger partial charge in [0.1, 0.15) is 0 Å². The second-order valence-electron chi connectivity index (χ2n) is 2.85. The zero-order chi connectivity index (χ0) is 10.4. The van der Waals surface area contributed by atoms with Crippen LogP contribution in [0, 0.1) is 0 Å². The Kier molecular flexibility index (Phi) is 4.33. The van der Waals surface area contributed by atoms with Gasteiger partial charge >= 0.3 is 0 Å². The van der Waals surface area contributed by atoms with Gasteiger partial charge in [-0.2, -0.15) is 0 Å². The van der Waals surface area contributed by atoms with Crippen molar-refractivity contribution in [3.63, 3.8) is 0 Å². The topological polar surface area (TPSA) is 24.7 Å². The Balaban J connectivity index is 2.88. The van der Waals surface area contributed by atoms with E-state index in [1.54, 1.807) is 0 Å². The molecular formula is C11H13ClN2. The highest BCUT2D eigenvalue weighted by Crippen LogP contribution is 2.19. The van der Waals surface area contributed by atoms with Crippen molar-refractivity contribution in [1.29, 1.82) is 0 Å². The maximum absolute atomic E-state index is 5.69. The highest BCUT2D eigenvalue weighted by atomic mass is 35.5. The fraction of sp³-hybridized carbons (Fsp3) is 0.273. The van der Waals surface area contributed by atoms with Crippen molar-refractivity contribution in [3.8, 4) is 0 Å². The monoisotopic (exact) mass is 208 g/mol. The van der Waals surface area contributed by atoms with Gasteiger partial charge in [0.05, 0.1) is 5.70 Å². The third kappa shape index (κ3) is 2.96. The molecule has 0 spiro atoms. The summed E-state index contributed by atoms with van der Waals surface area (Å²) >= 11 is 5.69. The molecule has 0 heterocycles. The van der Waals surface area contributed by atoms with E-state index in [1.807, 2.05) is 13.0 Å². The van der Waals surface area contributed by atoms with E-state index in [1.165, 1.54) is 0 Å². The van der Waals surface area contributed by atoms with Gasteiger partial charge in [-0.3, -0.25) is 0 Å². The standard InChI is InChI=1S/C11H13ClN2/c1-3-10(14-11(12)13-2)9-7-5-4-6-8-9/h3,5,7-8H,2,4,6H2,1H3/b10-3-,14-11?. The van der Waals surface area contributed by atoms with Crippen LogP contribution in [0.1, 0.15) is 19.8 Å². The average Bonchev–Trinajstić information content (AvgIpc) is 2.26. The Morgan fingerprint density at radius 1 is 1.57 bits per heavy atom. The van der Waals surface area contributed by atoms with Gasteiger partial charge in [0.2, 0.25) is 5.29 Å². The predicted molar refractivity (Wildman–Crippen MR) is 63.1 cm³/mol. The van der Waals surface area contributed by atoms with Crippen LogP contribution in [0.4, 0.5) is 0 Å². The van der Waals surface area contributed by atoms with Gasteiger partial charge < -0.3 is 0 Å².